The van der Waals surface area contributed by atoms with E-state index in [0.717, 1.165) is 32.4 Å². The minimum atomic E-state index is 0.0971. The Morgan fingerprint density at radius 2 is 2.08 bits per heavy atom. The Hall–Kier alpha value is -2.14. The van der Waals surface area contributed by atoms with Gasteiger partial charge in [0.1, 0.15) is 6.61 Å². The zero-order chi connectivity index (χ0) is 16.6. The molecule has 5 heteroatoms. The highest BCUT2D eigenvalue weighted by Crippen LogP contribution is 2.18. The molecule has 0 radical (unpaired) electrons. The predicted octanol–water partition coefficient (Wildman–Crippen LogP) is 2.52. The van der Waals surface area contributed by atoms with Crippen LogP contribution < -0.4 is 0 Å². The molecule has 0 aliphatic carbocycles. The second kappa shape index (κ2) is 8.64. The van der Waals surface area contributed by atoms with Gasteiger partial charge in [-0.3, -0.25) is 9.48 Å². The minimum Gasteiger partial charge on any atom is -0.371 e. The third-order valence-corrected chi connectivity index (χ3v) is 4.51. The van der Waals surface area contributed by atoms with E-state index in [9.17, 15) is 4.79 Å². The number of hydrogen-bond acceptors (Lipinski definition) is 3. The van der Waals surface area contributed by atoms with Gasteiger partial charge < -0.3 is 9.64 Å². The van der Waals surface area contributed by atoms with E-state index in [1.54, 1.807) is 6.20 Å². The maximum absolute atomic E-state index is 12.5. The SMILES string of the molecule is O=C(COCCc1ccccc1)N1CCCC[C@@H]1Cn1cccn1. The lowest BCUT2D eigenvalue weighted by Gasteiger charge is -2.35. The van der Waals surface area contributed by atoms with Gasteiger partial charge in [-0.05, 0) is 37.3 Å². The van der Waals surface area contributed by atoms with Crippen LogP contribution in [0.4, 0.5) is 0 Å². The highest BCUT2D eigenvalue weighted by atomic mass is 16.5. The zero-order valence-electron chi connectivity index (χ0n) is 14.0. The normalized spacial score (nSPS) is 17.8. The third-order valence-electron chi connectivity index (χ3n) is 4.51. The summed E-state index contributed by atoms with van der Waals surface area (Å²) in [5.74, 6) is 0.0971. The van der Waals surface area contributed by atoms with Crippen molar-refractivity contribution in [1.29, 1.82) is 0 Å². The number of carbonyl (C=O) groups excluding carboxylic acids is 1. The first-order valence-corrected chi connectivity index (χ1v) is 8.71. The fourth-order valence-corrected chi connectivity index (χ4v) is 3.22. The largest absolute Gasteiger partial charge is 0.371 e. The summed E-state index contributed by atoms with van der Waals surface area (Å²) in [7, 11) is 0. The van der Waals surface area contributed by atoms with E-state index in [2.05, 4.69) is 17.2 Å². The Morgan fingerprint density at radius 3 is 2.88 bits per heavy atom. The van der Waals surface area contributed by atoms with Crippen molar-refractivity contribution in [3.8, 4) is 0 Å². The average Bonchev–Trinajstić information content (AvgIpc) is 3.13. The number of benzene rings is 1. The Labute approximate surface area is 143 Å². The molecule has 2 aromatic rings. The molecule has 0 saturated carbocycles. The molecule has 0 unspecified atom stereocenters. The fraction of sp³-hybridized carbons (Fsp3) is 0.474. The van der Waals surface area contributed by atoms with Crippen molar-refractivity contribution in [3.63, 3.8) is 0 Å². The highest BCUT2D eigenvalue weighted by molar-refractivity contribution is 5.77. The fourth-order valence-electron chi connectivity index (χ4n) is 3.22. The van der Waals surface area contributed by atoms with E-state index in [1.807, 2.05) is 40.0 Å². The standard InChI is InChI=1S/C19H25N3O2/c23-19(16-24-14-10-17-7-2-1-3-8-17)22-13-5-4-9-18(22)15-21-12-6-11-20-21/h1-3,6-8,11-12,18H,4-5,9-10,13-16H2/t18-/m1/s1. The molecule has 1 aliphatic heterocycles. The average molecular weight is 327 g/mol. The van der Waals surface area contributed by atoms with E-state index in [-0.39, 0.29) is 18.6 Å². The number of nitrogens with zero attached hydrogens (tertiary/aromatic N) is 3. The molecular formula is C19H25N3O2. The van der Waals surface area contributed by atoms with Crippen LogP contribution in [-0.2, 0) is 22.5 Å². The van der Waals surface area contributed by atoms with E-state index >= 15 is 0 Å². The lowest BCUT2D eigenvalue weighted by Crippen LogP contribution is -2.47. The summed E-state index contributed by atoms with van der Waals surface area (Å²) in [6.45, 7) is 2.34. The van der Waals surface area contributed by atoms with Gasteiger partial charge in [0.2, 0.25) is 5.91 Å². The molecule has 0 spiro atoms. The van der Waals surface area contributed by atoms with Crippen LogP contribution in [0.3, 0.4) is 0 Å². The number of rotatable bonds is 7. The molecule has 1 aliphatic rings. The van der Waals surface area contributed by atoms with Crippen molar-refractivity contribution in [2.24, 2.45) is 0 Å². The van der Waals surface area contributed by atoms with Crippen LogP contribution in [-0.4, -0.2) is 46.4 Å². The molecule has 1 fully saturated rings. The van der Waals surface area contributed by atoms with Crippen LogP contribution in [0, 0.1) is 0 Å². The van der Waals surface area contributed by atoms with Crippen molar-refractivity contribution < 1.29 is 9.53 Å². The molecular weight excluding hydrogens is 302 g/mol. The molecule has 5 nitrogen and oxygen atoms in total. The quantitative estimate of drug-likeness (QED) is 0.734. The van der Waals surface area contributed by atoms with E-state index < -0.39 is 0 Å². The molecule has 0 bridgehead atoms. The predicted molar refractivity (Wildman–Crippen MR) is 92.5 cm³/mol. The van der Waals surface area contributed by atoms with Crippen molar-refractivity contribution in [3.05, 3.63) is 54.4 Å². The number of piperidine rings is 1. The monoisotopic (exact) mass is 327 g/mol. The van der Waals surface area contributed by atoms with Gasteiger partial charge in [-0.25, -0.2) is 0 Å². The molecule has 3 rings (SSSR count). The number of ether oxygens (including phenoxy) is 1. The first-order chi connectivity index (χ1) is 11.8. The van der Waals surface area contributed by atoms with Gasteiger partial charge >= 0.3 is 0 Å². The smallest absolute Gasteiger partial charge is 0.248 e. The lowest BCUT2D eigenvalue weighted by molar-refractivity contribution is -0.140. The molecule has 0 N–H and O–H groups in total. The molecule has 24 heavy (non-hydrogen) atoms. The summed E-state index contributed by atoms with van der Waals surface area (Å²) in [5, 5.41) is 4.26. The van der Waals surface area contributed by atoms with Crippen LogP contribution in [0.1, 0.15) is 24.8 Å². The molecule has 1 aromatic heterocycles. The first kappa shape index (κ1) is 16.7. The molecule has 1 saturated heterocycles. The van der Waals surface area contributed by atoms with Crippen molar-refractivity contribution in [1.82, 2.24) is 14.7 Å². The summed E-state index contributed by atoms with van der Waals surface area (Å²) in [4.78, 5) is 14.5. The molecule has 2 heterocycles. The van der Waals surface area contributed by atoms with Crippen LogP contribution >= 0.6 is 0 Å². The maximum atomic E-state index is 12.5. The number of likely N-dealkylation sites (tertiary alicyclic amines) is 1. The Kier molecular flexibility index (Phi) is 6.01. The van der Waals surface area contributed by atoms with Gasteiger partial charge in [-0.1, -0.05) is 30.3 Å². The molecule has 1 aromatic carbocycles. The first-order valence-electron chi connectivity index (χ1n) is 8.71. The van der Waals surface area contributed by atoms with Gasteiger partial charge in [0, 0.05) is 18.9 Å². The second-order valence-electron chi connectivity index (χ2n) is 6.25. The van der Waals surface area contributed by atoms with E-state index in [1.165, 1.54) is 12.0 Å². The van der Waals surface area contributed by atoms with Gasteiger partial charge in [-0.15, -0.1) is 0 Å². The highest BCUT2D eigenvalue weighted by Gasteiger charge is 2.26. The summed E-state index contributed by atoms with van der Waals surface area (Å²) >= 11 is 0. The summed E-state index contributed by atoms with van der Waals surface area (Å²) in [5.41, 5.74) is 1.24. The van der Waals surface area contributed by atoms with Gasteiger partial charge in [0.05, 0.1) is 19.2 Å². The van der Waals surface area contributed by atoms with Crippen molar-refractivity contribution in [2.45, 2.75) is 38.3 Å². The minimum absolute atomic E-state index is 0.0971. The summed E-state index contributed by atoms with van der Waals surface area (Å²) < 4.78 is 7.53. The van der Waals surface area contributed by atoms with E-state index in [0.29, 0.717) is 6.61 Å². The Morgan fingerprint density at radius 1 is 1.21 bits per heavy atom. The van der Waals surface area contributed by atoms with Gasteiger partial charge in [-0.2, -0.15) is 5.10 Å². The Balaban J connectivity index is 1.45. The summed E-state index contributed by atoms with van der Waals surface area (Å²) in [6, 6.07) is 12.4. The van der Waals surface area contributed by atoms with Gasteiger partial charge in [0.15, 0.2) is 0 Å². The summed E-state index contributed by atoms with van der Waals surface area (Å²) in [6.07, 6.45) is 7.85. The van der Waals surface area contributed by atoms with Crippen molar-refractivity contribution >= 4 is 5.91 Å². The van der Waals surface area contributed by atoms with Crippen LogP contribution in [0.2, 0.25) is 0 Å². The topological polar surface area (TPSA) is 47.4 Å². The molecule has 1 amide bonds. The maximum Gasteiger partial charge on any atom is 0.248 e. The molecule has 1 atom stereocenters. The van der Waals surface area contributed by atoms with E-state index in [4.69, 9.17) is 4.74 Å². The van der Waals surface area contributed by atoms with Crippen LogP contribution in [0.5, 0.6) is 0 Å². The number of carbonyl (C=O) groups is 1. The Bertz CT molecular complexity index is 613. The van der Waals surface area contributed by atoms with Crippen LogP contribution in [0.25, 0.3) is 0 Å². The third kappa shape index (κ3) is 4.68. The number of amides is 1. The van der Waals surface area contributed by atoms with Crippen molar-refractivity contribution in [2.75, 3.05) is 19.8 Å². The molecule has 128 valence electrons. The zero-order valence-corrected chi connectivity index (χ0v) is 14.0. The second-order valence-corrected chi connectivity index (χ2v) is 6.25. The lowest BCUT2D eigenvalue weighted by atomic mass is 10.0. The van der Waals surface area contributed by atoms with Gasteiger partial charge in [0.25, 0.3) is 0 Å². The number of hydrogen-bond donors (Lipinski definition) is 0. The van der Waals surface area contributed by atoms with Crippen LogP contribution in [0.15, 0.2) is 48.8 Å². The number of aromatic nitrogens is 2.